The van der Waals surface area contributed by atoms with E-state index in [2.05, 4.69) is 0 Å². The van der Waals surface area contributed by atoms with Gasteiger partial charge in [-0.3, -0.25) is 0 Å². The summed E-state index contributed by atoms with van der Waals surface area (Å²) in [7, 11) is 0. The van der Waals surface area contributed by atoms with Crippen molar-refractivity contribution in [3.05, 3.63) is 40.2 Å². The molecule has 1 aromatic carbocycles. The lowest BCUT2D eigenvalue weighted by molar-refractivity contribution is 0.191. The summed E-state index contributed by atoms with van der Waals surface area (Å²) in [4.78, 5) is 0. The number of fused-ring (bicyclic) bond motifs is 1. The van der Waals surface area contributed by atoms with Crippen LogP contribution in [0.3, 0.4) is 0 Å². The van der Waals surface area contributed by atoms with E-state index >= 15 is 0 Å². The molecule has 0 N–H and O–H groups in total. The molecule has 0 saturated heterocycles. The average Bonchev–Trinajstić information content (AvgIpc) is 2.20. The Morgan fingerprint density at radius 1 is 1.07 bits per heavy atom. The summed E-state index contributed by atoms with van der Waals surface area (Å²) in [5, 5.41) is 0. The van der Waals surface area contributed by atoms with Gasteiger partial charge >= 0.3 is 0 Å². The van der Waals surface area contributed by atoms with E-state index in [1.165, 1.54) is 13.0 Å². The summed E-state index contributed by atoms with van der Waals surface area (Å²) in [6.45, 7) is 3.05. The summed E-state index contributed by atoms with van der Waals surface area (Å²) >= 11 is 0. The Morgan fingerprint density at radius 2 is 1.73 bits per heavy atom. The molecule has 0 fully saturated rings. The molecule has 2 rings (SSSR count). The number of hydrogen-bond donors (Lipinski definition) is 0. The average molecular weight is 212 g/mol. The quantitative estimate of drug-likeness (QED) is 0.611. The fraction of sp³-hybridized carbons (Fsp3) is 0.333. The molecule has 0 radical (unpaired) electrons. The molecule has 0 spiro atoms. The normalized spacial score (nSPS) is 24.7. The zero-order chi connectivity index (χ0) is 11.2. The maximum atomic E-state index is 13.6. The van der Waals surface area contributed by atoms with E-state index in [9.17, 15) is 13.2 Å². The van der Waals surface area contributed by atoms with Gasteiger partial charge in [-0.2, -0.15) is 0 Å². The van der Waals surface area contributed by atoms with E-state index in [4.69, 9.17) is 0 Å². The van der Waals surface area contributed by atoms with Crippen LogP contribution in [0.5, 0.6) is 0 Å². The van der Waals surface area contributed by atoms with Crippen LogP contribution >= 0.6 is 0 Å². The summed E-state index contributed by atoms with van der Waals surface area (Å²) in [6, 6.07) is 3.19. The van der Waals surface area contributed by atoms with Gasteiger partial charge in [0.1, 0.15) is 5.82 Å². The lowest BCUT2D eigenvalue weighted by Gasteiger charge is -2.23. The zero-order valence-corrected chi connectivity index (χ0v) is 8.52. The Balaban J connectivity index is 2.67. The first-order valence-corrected chi connectivity index (χ1v) is 4.77. The zero-order valence-electron chi connectivity index (χ0n) is 8.52. The van der Waals surface area contributed by atoms with Crippen LogP contribution in [-0.4, -0.2) is 6.17 Å². The van der Waals surface area contributed by atoms with E-state index < -0.39 is 18.2 Å². The smallest absolute Gasteiger partial charge is 0.163 e. The molecule has 3 heteroatoms. The van der Waals surface area contributed by atoms with Crippen molar-refractivity contribution in [1.82, 2.24) is 0 Å². The number of benzene rings is 1. The number of alkyl halides is 2. The molecule has 0 heterocycles. The lowest BCUT2D eigenvalue weighted by atomic mass is 9.88. The summed E-state index contributed by atoms with van der Waals surface area (Å²) in [5.41, 5.74) is 0.944. The third kappa shape index (κ3) is 1.46. The Hall–Kier alpha value is -1.25. The molecule has 0 saturated carbocycles. The Bertz CT molecular complexity index is 435. The van der Waals surface area contributed by atoms with Gasteiger partial charge in [-0.25, -0.2) is 13.2 Å². The van der Waals surface area contributed by atoms with Crippen molar-refractivity contribution < 1.29 is 13.2 Å². The van der Waals surface area contributed by atoms with Gasteiger partial charge in [-0.05, 0) is 30.5 Å². The largest absolute Gasteiger partial charge is 0.239 e. The van der Waals surface area contributed by atoms with E-state index in [0.717, 1.165) is 0 Å². The van der Waals surface area contributed by atoms with Gasteiger partial charge in [0.05, 0.1) is 0 Å². The summed E-state index contributed by atoms with van der Waals surface area (Å²) < 4.78 is 40.6. The molecule has 0 aliphatic heterocycles. The molecule has 1 aliphatic rings. The molecule has 2 atom stereocenters. The van der Waals surface area contributed by atoms with Crippen molar-refractivity contribution in [2.75, 3.05) is 0 Å². The minimum absolute atomic E-state index is 0.145. The first-order chi connectivity index (χ1) is 7.02. The molecule has 15 heavy (non-hydrogen) atoms. The van der Waals surface area contributed by atoms with Gasteiger partial charge in [0.2, 0.25) is 0 Å². The van der Waals surface area contributed by atoms with Gasteiger partial charge in [-0.1, -0.05) is 18.2 Å². The minimum atomic E-state index is -1.88. The second-order valence-corrected chi connectivity index (χ2v) is 3.89. The monoisotopic (exact) mass is 212 g/mol. The van der Waals surface area contributed by atoms with Crippen molar-refractivity contribution in [2.45, 2.75) is 26.2 Å². The number of halogens is 3. The van der Waals surface area contributed by atoms with E-state index in [1.54, 1.807) is 19.1 Å². The van der Waals surface area contributed by atoms with Crippen molar-refractivity contribution in [3.8, 4) is 0 Å². The first-order valence-electron chi connectivity index (χ1n) is 4.77. The van der Waals surface area contributed by atoms with Crippen molar-refractivity contribution in [2.24, 2.45) is 0 Å². The highest BCUT2D eigenvalue weighted by Gasteiger charge is 2.32. The Kier molecular flexibility index (Phi) is 2.33. The van der Waals surface area contributed by atoms with Crippen LogP contribution in [0.1, 0.15) is 29.8 Å². The van der Waals surface area contributed by atoms with Crippen molar-refractivity contribution >= 4 is 6.08 Å². The molecule has 1 aliphatic carbocycles. The third-order valence-corrected chi connectivity index (χ3v) is 2.76. The summed E-state index contributed by atoms with van der Waals surface area (Å²) in [6.07, 6.45) is -2.11. The molecule has 0 aromatic heterocycles. The van der Waals surface area contributed by atoms with Crippen LogP contribution in [-0.2, 0) is 0 Å². The maximum absolute atomic E-state index is 13.6. The van der Waals surface area contributed by atoms with Crippen molar-refractivity contribution in [3.63, 3.8) is 0 Å². The predicted molar refractivity (Wildman–Crippen MR) is 53.5 cm³/mol. The molecule has 0 bridgehead atoms. The van der Waals surface area contributed by atoms with Crippen LogP contribution in [0.2, 0.25) is 0 Å². The molecule has 2 unspecified atom stereocenters. The van der Waals surface area contributed by atoms with E-state index in [-0.39, 0.29) is 5.56 Å². The second kappa shape index (κ2) is 3.40. The highest BCUT2D eigenvalue weighted by atomic mass is 19.2. The van der Waals surface area contributed by atoms with Crippen LogP contribution in [0, 0.1) is 12.7 Å². The molecule has 80 valence electrons. The number of allylic oxidation sites excluding steroid dienone is 1. The first kappa shape index (κ1) is 10.3. The van der Waals surface area contributed by atoms with Crippen LogP contribution in [0.4, 0.5) is 13.2 Å². The van der Waals surface area contributed by atoms with Crippen LogP contribution < -0.4 is 0 Å². The maximum Gasteiger partial charge on any atom is 0.163 e. The minimum Gasteiger partial charge on any atom is -0.239 e. The predicted octanol–water partition coefficient (Wildman–Crippen LogP) is 3.90. The highest BCUT2D eigenvalue weighted by Crippen LogP contribution is 2.38. The van der Waals surface area contributed by atoms with Crippen molar-refractivity contribution in [1.29, 1.82) is 0 Å². The Morgan fingerprint density at radius 3 is 2.40 bits per heavy atom. The number of aryl methyl sites for hydroxylation is 1. The molecular weight excluding hydrogens is 201 g/mol. The molecule has 0 amide bonds. The number of hydrogen-bond acceptors (Lipinski definition) is 0. The van der Waals surface area contributed by atoms with Gasteiger partial charge in [-0.15, -0.1) is 0 Å². The van der Waals surface area contributed by atoms with Gasteiger partial charge in [0, 0.05) is 5.56 Å². The summed E-state index contributed by atoms with van der Waals surface area (Å²) in [5.74, 6) is -0.633. The fourth-order valence-corrected chi connectivity index (χ4v) is 1.83. The van der Waals surface area contributed by atoms with E-state index in [1.807, 2.05) is 0 Å². The van der Waals surface area contributed by atoms with Gasteiger partial charge in [0.15, 0.2) is 12.3 Å². The standard InChI is InChI=1S/C12H11F3/c1-6-3-4-8-5-7(2)11(14)12(15)9(8)10(6)13/h3-5,11-12H,1-2H3. The van der Waals surface area contributed by atoms with Crippen LogP contribution in [0.25, 0.3) is 6.08 Å². The van der Waals surface area contributed by atoms with E-state index in [0.29, 0.717) is 16.7 Å². The molecular formula is C12H11F3. The third-order valence-electron chi connectivity index (χ3n) is 2.76. The van der Waals surface area contributed by atoms with Crippen LogP contribution in [0.15, 0.2) is 17.7 Å². The molecule has 0 nitrogen and oxygen atoms in total. The lowest BCUT2D eigenvalue weighted by Crippen LogP contribution is -2.18. The van der Waals surface area contributed by atoms with Gasteiger partial charge < -0.3 is 0 Å². The SMILES string of the molecule is CC1=Cc2ccc(C)c(F)c2C(F)C1F. The second-order valence-electron chi connectivity index (χ2n) is 3.89. The molecule has 1 aromatic rings. The fourth-order valence-electron chi connectivity index (χ4n) is 1.83. The Labute approximate surface area is 86.4 Å². The highest BCUT2D eigenvalue weighted by molar-refractivity contribution is 5.62. The topological polar surface area (TPSA) is 0 Å². The number of rotatable bonds is 0. The van der Waals surface area contributed by atoms with Gasteiger partial charge in [0.25, 0.3) is 0 Å².